The van der Waals surface area contributed by atoms with Gasteiger partial charge in [0.05, 0.1) is 40.0 Å². The summed E-state index contributed by atoms with van der Waals surface area (Å²) in [5, 5.41) is 15.4. The minimum Gasteiger partial charge on any atom is -0.496 e. The van der Waals surface area contributed by atoms with Crippen molar-refractivity contribution < 1.29 is 43.2 Å². The van der Waals surface area contributed by atoms with E-state index in [1.165, 1.54) is 21.3 Å². The summed E-state index contributed by atoms with van der Waals surface area (Å²) >= 11 is 0. The van der Waals surface area contributed by atoms with Gasteiger partial charge in [-0.3, -0.25) is 4.79 Å². The molecule has 0 radical (unpaired) electrons. The van der Waals surface area contributed by atoms with Crippen LogP contribution in [0.1, 0.15) is 52.5 Å². The predicted molar refractivity (Wildman–Crippen MR) is 128 cm³/mol. The van der Waals surface area contributed by atoms with Crippen LogP contribution in [-0.2, 0) is 25.6 Å². The van der Waals surface area contributed by atoms with Gasteiger partial charge in [-0.15, -0.1) is 0 Å². The third-order valence-corrected chi connectivity index (χ3v) is 4.74. The van der Waals surface area contributed by atoms with E-state index in [-0.39, 0.29) is 13.2 Å². The third kappa shape index (κ3) is 10.3. The van der Waals surface area contributed by atoms with E-state index in [2.05, 4.69) is 10.6 Å². The van der Waals surface area contributed by atoms with Gasteiger partial charge in [0, 0.05) is 18.6 Å². The van der Waals surface area contributed by atoms with Crippen LogP contribution in [0.2, 0.25) is 0 Å². The molecular weight excluding hydrogens is 460 g/mol. The van der Waals surface area contributed by atoms with Gasteiger partial charge >= 0.3 is 12.1 Å². The number of carbonyl (C=O) groups is 3. The van der Waals surface area contributed by atoms with Gasteiger partial charge in [-0.25, -0.2) is 9.59 Å². The Balaban J connectivity index is 2.91. The van der Waals surface area contributed by atoms with Crippen molar-refractivity contribution >= 4 is 18.0 Å². The van der Waals surface area contributed by atoms with E-state index in [0.717, 1.165) is 6.42 Å². The predicted octanol–water partition coefficient (Wildman–Crippen LogP) is 2.32. The molecule has 0 aliphatic carbocycles. The quantitative estimate of drug-likeness (QED) is 0.276. The number of carbonyl (C=O) groups excluding carboxylic acids is 3. The second-order valence-electron chi connectivity index (χ2n) is 8.70. The molecule has 0 aromatic heterocycles. The highest BCUT2D eigenvalue weighted by molar-refractivity contribution is 5.84. The maximum atomic E-state index is 12.6. The van der Waals surface area contributed by atoms with Gasteiger partial charge < -0.3 is 39.4 Å². The number of nitrogens with one attached hydrogen (secondary N) is 2. The second-order valence-corrected chi connectivity index (χ2v) is 8.70. The van der Waals surface area contributed by atoms with E-state index >= 15 is 0 Å². The Kier molecular flexibility index (Phi) is 12.1. The number of alkyl carbamates (subject to hydrolysis) is 1. The smallest absolute Gasteiger partial charge is 0.408 e. The molecule has 0 aliphatic rings. The molecule has 2 atom stereocenters. The fourth-order valence-corrected chi connectivity index (χ4v) is 2.96. The molecule has 1 aromatic rings. The zero-order chi connectivity index (χ0) is 26.6. The lowest BCUT2D eigenvalue weighted by Crippen LogP contribution is -2.48. The average Bonchev–Trinajstić information content (AvgIpc) is 2.80. The number of hydrogen-bond donors (Lipinski definition) is 3. The molecule has 0 fully saturated rings. The van der Waals surface area contributed by atoms with Crippen LogP contribution in [0.25, 0.3) is 0 Å². The number of ether oxygens (including phenoxy) is 5. The lowest BCUT2D eigenvalue weighted by atomic mass is 10.1. The van der Waals surface area contributed by atoms with Crippen molar-refractivity contribution in [3.05, 3.63) is 17.7 Å². The molecule has 198 valence electrons. The van der Waals surface area contributed by atoms with Crippen molar-refractivity contribution in [2.45, 2.75) is 71.2 Å². The Bertz CT molecular complexity index is 827. The fraction of sp³-hybridized carbons (Fsp3) is 0.625. The number of aliphatic hydroxyl groups is 1. The van der Waals surface area contributed by atoms with Gasteiger partial charge in [-0.1, -0.05) is 13.3 Å². The van der Waals surface area contributed by atoms with Crippen molar-refractivity contribution in [1.29, 1.82) is 0 Å². The van der Waals surface area contributed by atoms with Crippen LogP contribution in [0.3, 0.4) is 0 Å². The van der Waals surface area contributed by atoms with Crippen LogP contribution in [-0.4, -0.2) is 68.8 Å². The first-order chi connectivity index (χ1) is 16.4. The van der Waals surface area contributed by atoms with Gasteiger partial charge in [0.1, 0.15) is 35.0 Å². The molecule has 3 N–H and O–H groups in total. The normalized spacial score (nSPS) is 12.7. The summed E-state index contributed by atoms with van der Waals surface area (Å²) in [6.45, 7) is 7.07. The number of benzene rings is 1. The minimum atomic E-state index is -1.62. The molecule has 35 heavy (non-hydrogen) atoms. The number of rotatable bonds is 13. The van der Waals surface area contributed by atoms with E-state index in [0.29, 0.717) is 29.2 Å². The van der Waals surface area contributed by atoms with Gasteiger partial charge in [0.2, 0.25) is 5.91 Å². The molecule has 1 rings (SSSR count). The van der Waals surface area contributed by atoms with E-state index in [9.17, 15) is 19.5 Å². The first-order valence-corrected chi connectivity index (χ1v) is 11.4. The lowest BCUT2D eigenvalue weighted by molar-refractivity contribution is -0.147. The van der Waals surface area contributed by atoms with Crippen molar-refractivity contribution in [3.63, 3.8) is 0 Å². The number of methoxy groups -OCH3 is 3. The molecule has 11 heteroatoms. The molecule has 0 spiro atoms. The van der Waals surface area contributed by atoms with Crippen molar-refractivity contribution in [2.75, 3.05) is 27.9 Å². The number of esters is 1. The number of aliphatic hydroxyl groups excluding tert-OH is 1. The summed E-state index contributed by atoms with van der Waals surface area (Å²) in [5.41, 5.74) is -0.272. The summed E-state index contributed by atoms with van der Waals surface area (Å²) in [7, 11) is 4.43. The summed E-state index contributed by atoms with van der Waals surface area (Å²) in [6, 6.07) is 1.98. The SMILES string of the molecule is CCCCOC(=O)[C@H](C[C@H](O)C(=O)NCc1c(OC)cc(OC)cc1OC)NC(=O)OC(C)(C)C. The highest BCUT2D eigenvalue weighted by Crippen LogP contribution is 2.33. The van der Waals surface area contributed by atoms with Crippen LogP contribution in [0.15, 0.2) is 12.1 Å². The Labute approximate surface area is 206 Å². The van der Waals surface area contributed by atoms with E-state index in [1.807, 2.05) is 6.92 Å². The topological polar surface area (TPSA) is 142 Å². The molecular formula is C24H38N2O9. The Hall–Kier alpha value is -3.21. The van der Waals surface area contributed by atoms with E-state index in [1.54, 1.807) is 32.9 Å². The Morgan fingerprint density at radius 2 is 1.63 bits per heavy atom. The highest BCUT2D eigenvalue weighted by atomic mass is 16.6. The minimum absolute atomic E-state index is 0.0304. The number of hydrogen-bond acceptors (Lipinski definition) is 9. The number of unbranched alkanes of at least 4 members (excludes halogenated alkanes) is 1. The van der Waals surface area contributed by atoms with Crippen molar-refractivity contribution in [2.24, 2.45) is 0 Å². The molecule has 0 aliphatic heterocycles. The Morgan fingerprint density at radius 3 is 2.11 bits per heavy atom. The van der Waals surface area contributed by atoms with Gasteiger partial charge in [-0.05, 0) is 27.2 Å². The van der Waals surface area contributed by atoms with Crippen molar-refractivity contribution in [1.82, 2.24) is 10.6 Å². The summed E-state index contributed by atoms with van der Waals surface area (Å²) in [6.07, 6.45) is -1.45. The van der Waals surface area contributed by atoms with E-state index in [4.69, 9.17) is 23.7 Å². The van der Waals surface area contributed by atoms with Crippen LogP contribution in [0.5, 0.6) is 17.2 Å². The molecule has 1 aromatic carbocycles. The van der Waals surface area contributed by atoms with E-state index < -0.39 is 42.1 Å². The molecule has 2 amide bonds. The maximum absolute atomic E-state index is 12.6. The molecule has 11 nitrogen and oxygen atoms in total. The third-order valence-electron chi connectivity index (χ3n) is 4.74. The maximum Gasteiger partial charge on any atom is 0.408 e. The standard InChI is InChI=1S/C24H38N2O9/c1-8-9-10-34-22(29)17(26-23(30)35-24(2,3)4)13-18(27)21(28)25-14-16-19(32-6)11-15(31-5)12-20(16)33-7/h11-12,17-18,27H,8-10,13-14H2,1-7H3,(H,25,28)(H,26,30)/t17-,18-/m0/s1. The summed E-state index contributed by atoms with van der Waals surface area (Å²) in [5.74, 6) is -0.191. The van der Waals surface area contributed by atoms with Crippen LogP contribution >= 0.6 is 0 Å². The summed E-state index contributed by atoms with van der Waals surface area (Å²) < 4.78 is 26.3. The molecule has 0 bridgehead atoms. The van der Waals surface area contributed by atoms with Crippen molar-refractivity contribution in [3.8, 4) is 17.2 Å². The fourth-order valence-electron chi connectivity index (χ4n) is 2.96. The van der Waals surface area contributed by atoms with Gasteiger partial charge in [-0.2, -0.15) is 0 Å². The van der Waals surface area contributed by atoms with Crippen LogP contribution in [0.4, 0.5) is 4.79 Å². The Morgan fingerprint density at radius 1 is 1.03 bits per heavy atom. The first kappa shape index (κ1) is 29.8. The zero-order valence-electron chi connectivity index (χ0n) is 21.6. The van der Waals surface area contributed by atoms with Gasteiger partial charge in [0.25, 0.3) is 0 Å². The zero-order valence-corrected chi connectivity index (χ0v) is 21.6. The largest absolute Gasteiger partial charge is 0.496 e. The van der Waals surface area contributed by atoms with Crippen LogP contribution < -0.4 is 24.8 Å². The number of amides is 2. The first-order valence-electron chi connectivity index (χ1n) is 11.4. The lowest BCUT2D eigenvalue weighted by Gasteiger charge is -2.24. The molecule has 0 unspecified atom stereocenters. The average molecular weight is 499 g/mol. The summed E-state index contributed by atoms with van der Waals surface area (Å²) in [4.78, 5) is 37.3. The van der Waals surface area contributed by atoms with Crippen LogP contribution in [0, 0.1) is 0 Å². The molecule has 0 saturated heterocycles. The molecule has 0 saturated carbocycles. The second kappa shape index (κ2) is 14.2. The monoisotopic (exact) mass is 498 g/mol. The molecule has 0 heterocycles. The highest BCUT2D eigenvalue weighted by Gasteiger charge is 2.30. The van der Waals surface area contributed by atoms with Gasteiger partial charge in [0.15, 0.2) is 0 Å².